The second kappa shape index (κ2) is 8.01. The zero-order valence-electron chi connectivity index (χ0n) is 16.8. The van der Waals surface area contributed by atoms with Gasteiger partial charge in [0.25, 0.3) is 17.5 Å². The molecule has 4 aromatic rings. The van der Waals surface area contributed by atoms with Crippen LogP contribution in [0.1, 0.15) is 10.9 Å². The Bertz CT molecular complexity index is 1330. The van der Waals surface area contributed by atoms with Gasteiger partial charge in [-0.05, 0) is 17.7 Å². The molecule has 1 fully saturated rings. The number of rotatable bonds is 5. The third-order valence-electron chi connectivity index (χ3n) is 5.46. The number of carbonyl (C=O) groups excluding carboxylic acids is 2. The summed E-state index contributed by atoms with van der Waals surface area (Å²) in [4.78, 5) is 36.2. The number of hydrogen-bond acceptors (Lipinski definition) is 5. The first-order valence-corrected chi connectivity index (χ1v) is 11.0. The highest BCUT2D eigenvalue weighted by Crippen LogP contribution is 2.38. The van der Waals surface area contributed by atoms with E-state index in [-0.39, 0.29) is 29.8 Å². The number of thioether (sulfide) groups is 1. The number of nitro groups is 1. The Morgan fingerprint density at radius 1 is 1.03 bits per heavy atom. The van der Waals surface area contributed by atoms with E-state index in [0.717, 1.165) is 21.8 Å². The van der Waals surface area contributed by atoms with Crippen LogP contribution in [0.3, 0.4) is 0 Å². The summed E-state index contributed by atoms with van der Waals surface area (Å²) in [6.07, 6.45) is 0. The molecule has 3 aromatic carbocycles. The van der Waals surface area contributed by atoms with Gasteiger partial charge >= 0.3 is 0 Å². The number of nitrogens with one attached hydrogen (secondary N) is 1. The topological polar surface area (TPSA) is 97.5 Å². The molecule has 2 heterocycles. The first-order chi connectivity index (χ1) is 15.5. The van der Waals surface area contributed by atoms with E-state index in [0.29, 0.717) is 5.56 Å². The van der Waals surface area contributed by atoms with Crippen LogP contribution in [0.15, 0.2) is 72.8 Å². The Labute approximate surface area is 186 Å². The predicted molar refractivity (Wildman–Crippen MR) is 123 cm³/mol. The lowest BCUT2D eigenvalue weighted by molar-refractivity contribution is -0.384. The number of benzene rings is 3. The summed E-state index contributed by atoms with van der Waals surface area (Å²) in [5.74, 6) is -0.409. The highest BCUT2D eigenvalue weighted by molar-refractivity contribution is 8.00. The largest absolute Gasteiger partial charge is 0.331 e. The number of para-hydroxylation sites is 2. The summed E-state index contributed by atoms with van der Waals surface area (Å²) >= 11 is 1.32. The van der Waals surface area contributed by atoms with Gasteiger partial charge in [0.2, 0.25) is 0 Å². The van der Waals surface area contributed by atoms with E-state index in [9.17, 15) is 19.7 Å². The first-order valence-electron chi connectivity index (χ1n) is 9.96. The summed E-state index contributed by atoms with van der Waals surface area (Å²) in [5.41, 5.74) is 5.12. The molecule has 1 aliphatic rings. The van der Waals surface area contributed by atoms with Gasteiger partial charge in [-0.1, -0.05) is 48.5 Å². The van der Waals surface area contributed by atoms with Crippen molar-refractivity contribution in [2.24, 2.45) is 0 Å². The number of carbonyl (C=O) groups is 2. The van der Waals surface area contributed by atoms with Gasteiger partial charge in [0.05, 0.1) is 10.7 Å². The van der Waals surface area contributed by atoms with E-state index in [4.69, 9.17) is 0 Å². The van der Waals surface area contributed by atoms with Crippen LogP contribution in [0.4, 0.5) is 5.69 Å². The summed E-state index contributed by atoms with van der Waals surface area (Å²) in [7, 11) is 0. The van der Waals surface area contributed by atoms with Crippen LogP contribution < -0.4 is 5.43 Å². The van der Waals surface area contributed by atoms with Gasteiger partial charge in [-0.25, -0.2) is 5.01 Å². The van der Waals surface area contributed by atoms with Crippen LogP contribution in [0.25, 0.3) is 21.8 Å². The summed E-state index contributed by atoms with van der Waals surface area (Å²) in [6, 6.07) is 21.9. The molecule has 1 N–H and O–H groups in total. The molecule has 0 spiro atoms. The second-order valence-electron chi connectivity index (χ2n) is 7.43. The van der Waals surface area contributed by atoms with Crippen LogP contribution in [0.2, 0.25) is 0 Å². The van der Waals surface area contributed by atoms with Crippen LogP contribution in [-0.2, 0) is 16.1 Å². The van der Waals surface area contributed by atoms with Gasteiger partial charge in [0.1, 0.15) is 11.9 Å². The summed E-state index contributed by atoms with van der Waals surface area (Å²) < 4.78 is 1.93. The van der Waals surface area contributed by atoms with Crippen molar-refractivity contribution in [1.29, 1.82) is 0 Å². The average Bonchev–Trinajstić information content (AvgIpc) is 3.32. The Kier molecular flexibility index (Phi) is 5.02. The number of aromatic nitrogens is 1. The monoisotopic (exact) mass is 446 g/mol. The molecule has 0 aliphatic carbocycles. The van der Waals surface area contributed by atoms with Crippen molar-refractivity contribution in [3.05, 3.63) is 88.5 Å². The molecule has 5 rings (SSSR count). The van der Waals surface area contributed by atoms with Crippen molar-refractivity contribution in [3.63, 3.8) is 0 Å². The fourth-order valence-electron chi connectivity index (χ4n) is 4.07. The lowest BCUT2D eigenvalue weighted by Gasteiger charge is -2.24. The van der Waals surface area contributed by atoms with E-state index in [1.807, 2.05) is 53.1 Å². The SMILES string of the molecule is O=C(Cn1c2ccccc2c2ccccc21)NN1C(=O)CSC1c1cccc([N+](=O)[O-])c1. The van der Waals surface area contributed by atoms with Crippen LogP contribution in [-0.4, -0.2) is 32.1 Å². The van der Waals surface area contributed by atoms with Gasteiger partial charge in [-0.3, -0.25) is 25.1 Å². The number of fused-ring (bicyclic) bond motifs is 3. The van der Waals surface area contributed by atoms with E-state index in [1.54, 1.807) is 12.1 Å². The zero-order chi connectivity index (χ0) is 22.2. The fourth-order valence-corrected chi connectivity index (χ4v) is 5.17. The molecule has 1 aromatic heterocycles. The normalized spacial score (nSPS) is 16.1. The third kappa shape index (κ3) is 3.46. The predicted octanol–water partition coefficient (Wildman–Crippen LogP) is 4.01. The lowest BCUT2D eigenvalue weighted by Crippen LogP contribution is -2.45. The smallest absolute Gasteiger partial charge is 0.269 e. The molecule has 0 saturated carbocycles. The number of nitrogens with zero attached hydrogens (tertiary/aromatic N) is 3. The molecule has 1 atom stereocenters. The highest BCUT2D eigenvalue weighted by atomic mass is 32.2. The van der Waals surface area contributed by atoms with Crippen LogP contribution in [0.5, 0.6) is 0 Å². The third-order valence-corrected chi connectivity index (χ3v) is 6.67. The van der Waals surface area contributed by atoms with Crippen molar-refractivity contribution in [2.75, 3.05) is 5.75 Å². The lowest BCUT2D eigenvalue weighted by atomic mass is 10.2. The molecule has 0 bridgehead atoms. The first kappa shape index (κ1) is 20.1. The number of amides is 2. The van der Waals surface area contributed by atoms with Crippen molar-refractivity contribution < 1.29 is 14.5 Å². The molecular weight excluding hydrogens is 428 g/mol. The molecule has 1 aliphatic heterocycles. The van der Waals surface area contributed by atoms with Crippen molar-refractivity contribution in [3.8, 4) is 0 Å². The van der Waals surface area contributed by atoms with E-state index in [2.05, 4.69) is 5.43 Å². The zero-order valence-corrected chi connectivity index (χ0v) is 17.6. The van der Waals surface area contributed by atoms with Crippen LogP contribution >= 0.6 is 11.8 Å². The Balaban J connectivity index is 1.43. The quantitative estimate of drug-likeness (QED) is 0.369. The molecule has 32 heavy (non-hydrogen) atoms. The minimum absolute atomic E-state index is 0.0319. The molecule has 1 saturated heterocycles. The Morgan fingerprint density at radius 3 is 2.34 bits per heavy atom. The Hall–Kier alpha value is -3.85. The molecular formula is C23H18N4O4S. The van der Waals surface area contributed by atoms with Crippen molar-refractivity contribution in [1.82, 2.24) is 15.0 Å². The number of hydrazine groups is 1. The van der Waals surface area contributed by atoms with Gasteiger partial charge in [-0.2, -0.15) is 0 Å². The van der Waals surface area contributed by atoms with E-state index < -0.39 is 10.3 Å². The van der Waals surface area contributed by atoms with Gasteiger partial charge < -0.3 is 4.57 Å². The Morgan fingerprint density at radius 2 is 1.69 bits per heavy atom. The summed E-state index contributed by atoms with van der Waals surface area (Å²) in [6.45, 7) is 0.0319. The summed E-state index contributed by atoms with van der Waals surface area (Å²) in [5, 5.41) is 14.0. The molecule has 0 radical (unpaired) electrons. The standard InChI is InChI=1S/C23H18N4O4S/c28-21(13-25-19-10-3-1-8-17(19)18-9-2-4-11-20(18)25)24-26-22(29)14-32-23(26)15-6-5-7-16(12-15)27(30)31/h1-12,23H,13-14H2,(H,24,28). The highest BCUT2D eigenvalue weighted by Gasteiger charge is 2.35. The second-order valence-corrected chi connectivity index (χ2v) is 8.50. The van der Waals surface area contributed by atoms with E-state index >= 15 is 0 Å². The molecule has 2 amide bonds. The van der Waals surface area contributed by atoms with Gasteiger partial charge in [-0.15, -0.1) is 11.8 Å². The van der Waals surface area contributed by atoms with Crippen molar-refractivity contribution >= 4 is 51.1 Å². The number of hydrogen-bond donors (Lipinski definition) is 1. The minimum atomic E-state index is -0.524. The molecule has 1 unspecified atom stereocenters. The van der Waals surface area contributed by atoms with Gasteiger partial charge in [0.15, 0.2) is 0 Å². The number of non-ortho nitro benzene ring substituents is 1. The fraction of sp³-hybridized carbons (Fsp3) is 0.130. The molecule has 8 nitrogen and oxygen atoms in total. The molecule has 9 heteroatoms. The maximum atomic E-state index is 13.0. The van der Waals surface area contributed by atoms with Crippen LogP contribution in [0, 0.1) is 10.1 Å². The van der Waals surface area contributed by atoms with Crippen molar-refractivity contribution in [2.45, 2.75) is 11.9 Å². The van der Waals surface area contributed by atoms with E-state index in [1.165, 1.54) is 28.9 Å². The molecule has 160 valence electrons. The maximum absolute atomic E-state index is 13.0. The number of nitro benzene ring substituents is 1. The average molecular weight is 446 g/mol. The van der Waals surface area contributed by atoms with Gasteiger partial charge in [0, 0.05) is 33.9 Å². The maximum Gasteiger partial charge on any atom is 0.269 e. The minimum Gasteiger partial charge on any atom is -0.331 e.